The molecule has 0 unspecified atom stereocenters. The highest BCUT2D eigenvalue weighted by molar-refractivity contribution is 6.30. The van der Waals surface area contributed by atoms with Gasteiger partial charge in [-0.3, -0.25) is 9.69 Å². The minimum absolute atomic E-state index is 0.168. The summed E-state index contributed by atoms with van der Waals surface area (Å²) in [5.74, 6) is -0.145. The van der Waals surface area contributed by atoms with E-state index in [-0.39, 0.29) is 13.1 Å². The molecule has 1 N–H and O–H groups in total. The van der Waals surface area contributed by atoms with E-state index < -0.39 is 17.6 Å². The average molecular weight is 384 g/mol. The van der Waals surface area contributed by atoms with Crippen molar-refractivity contribution in [2.75, 3.05) is 10.2 Å². The van der Waals surface area contributed by atoms with Crippen molar-refractivity contribution in [2.45, 2.75) is 13.1 Å². The fraction of sp³-hybridized carbons (Fsp3) is 0.111. The Hall–Kier alpha value is -3.39. The van der Waals surface area contributed by atoms with Crippen molar-refractivity contribution < 1.29 is 9.59 Å². The summed E-state index contributed by atoms with van der Waals surface area (Å²) in [6.45, 7) is -0.134. The molecule has 2 amide bonds. The number of nitrogens with one attached hydrogen (secondary N) is 1. The summed E-state index contributed by atoms with van der Waals surface area (Å²) in [5.41, 5.74) is 0.547. The van der Waals surface area contributed by atoms with Gasteiger partial charge in [0, 0.05) is 16.4 Å². The lowest BCUT2D eigenvalue weighted by atomic mass is 10.3. The van der Waals surface area contributed by atoms with Gasteiger partial charge in [0.15, 0.2) is 5.82 Å². The Labute approximate surface area is 158 Å². The van der Waals surface area contributed by atoms with E-state index in [2.05, 4.69) is 10.4 Å². The summed E-state index contributed by atoms with van der Waals surface area (Å²) in [5, 5.41) is 7.26. The van der Waals surface area contributed by atoms with Crippen LogP contribution in [0.5, 0.6) is 0 Å². The van der Waals surface area contributed by atoms with Gasteiger partial charge in [-0.05, 0) is 30.3 Å². The first-order valence-corrected chi connectivity index (χ1v) is 8.52. The number of para-hydroxylation sites is 1. The highest BCUT2D eigenvalue weighted by atomic mass is 35.5. The maximum absolute atomic E-state index is 12.6. The molecule has 1 aliphatic rings. The van der Waals surface area contributed by atoms with Crippen LogP contribution in [0, 0.1) is 0 Å². The SMILES string of the molecule is O=C(Cn1nc2n(c1=O)C(=O)N(c1ccccc1)C2)Nc1cccc(Cl)c1. The van der Waals surface area contributed by atoms with Gasteiger partial charge in [-0.1, -0.05) is 35.9 Å². The summed E-state index contributed by atoms with van der Waals surface area (Å²) in [4.78, 5) is 38.7. The van der Waals surface area contributed by atoms with Gasteiger partial charge in [-0.2, -0.15) is 9.67 Å². The average Bonchev–Trinajstić information content (AvgIpc) is 3.13. The van der Waals surface area contributed by atoms with E-state index in [9.17, 15) is 14.4 Å². The second-order valence-corrected chi connectivity index (χ2v) is 6.39. The van der Waals surface area contributed by atoms with Crippen LogP contribution in [0.15, 0.2) is 59.4 Å². The molecule has 0 fully saturated rings. The number of hydrogen-bond donors (Lipinski definition) is 1. The maximum Gasteiger partial charge on any atom is 0.354 e. The molecular weight excluding hydrogens is 370 g/mol. The van der Waals surface area contributed by atoms with E-state index in [1.165, 1.54) is 4.90 Å². The Morgan fingerprint density at radius 2 is 1.89 bits per heavy atom. The van der Waals surface area contributed by atoms with Crippen LogP contribution in [0.25, 0.3) is 0 Å². The van der Waals surface area contributed by atoms with Gasteiger partial charge in [0.05, 0.1) is 6.54 Å². The largest absolute Gasteiger partial charge is 0.354 e. The normalized spacial score (nSPS) is 12.9. The Morgan fingerprint density at radius 1 is 1.11 bits per heavy atom. The molecule has 0 atom stereocenters. The van der Waals surface area contributed by atoms with E-state index in [0.717, 1.165) is 9.25 Å². The van der Waals surface area contributed by atoms with Crippen LogP contribution in [0.2, 0.25) is 5.02 Å². The predicted molar refractivity (Wildman–Crippen MR) is 100.0 cm³/mol. The maximum atomic E-state index is 12.6. The van der Waals surface area contributed by atoms with Crippen LogP contribution >= 0.6 is 11.6 Å². The number of anilines is 2. The van der Waals surface area contributed by atoms with Crippen molar-refractivity contribution in [3.63, 3.8) is 0 Å². The van der Waals surface area contributed by atoms with Crippen molar-refractivity contribution in [3.8, 4) is 0 Å². The van der Waals surface area contributed by atoms with Crippen molar-refractivity contribution in [1.29, 1.82) is 0 Å². The van der Waals surface area contributed by atoms with Crippen molar-refractivity contribution in [1.82, 2.24) is 14.3 Å². The first kappa shape index (κ1) is 17.0. The van der Waals surface area contributed by atoms with Crippen LogP contribution in [0.1, 0.15) is 5.82 Å². The minimum atomic E-state index is -0.644. The number of carbonyl (C=O) groups is 2. The van der Waals surface area contributed by atoms with Gasteiger partial charge in [-0.25, -0.2) is 14.3 Å². The molecule has 1 aliphatic heterocycles. The summed E-state index contributed by atoms with van der Waals surface area (Å²) in [7, 11) is 0. The second kappa shape index (κ2) is 6.73. The van der Waals surface area contributed by atoms with Crippen molar-refractivity contribution >= 4 is 34.9 Å². The molecule has 0 aliphatic carbocycles. The zero-order valence-electron chi connectivity index (χ0n) is 14.0. The number of carbonyl (C=O) groups excluding carboxylic acids is 2. The van der Waals surface area contributed by atoms with Crippen LogP contribution in [-0.2, 0) is 17.9 Å². The Balaban J connectivity index is 1.52. The molecule has 9 heteroatoms. The molecule has 136 valence electrons. The van der Waals surface area contributed by atoms with Crippen LogP contribution < -0.4 is 15.9 Å². The first-order valence-electron chi connectivity index (χ1n) is 8.14. The zero-order valence-corrected chi connectivity index (χ0v) is 14.8. The molecule has 0 saturated heterocycles. The molecular formula is C18H14ClN5O3. The van der Waals surface area contributed by atoms with Crippen LogP contribution in [0.3, 0.4) is 0 Å². The number of hydrogen-bond acceptors (Lipinski definition) is 4. The monoisotopic (exact) mass is 383 g/mol. The number of benzene rings is 2. The predicted octanol–water partition coefficient (Wildman–Crippen LogP) is 2.33. The van der Waals surface area contributed by atoms with Gasteiger partial charge >= 0.3 is 11.7 Å². The molecule has 0 radical (unpaired) electrons. The van der Waals surface area contributed by atoms with E-state index in [1.807, 2.05) is 18.2 Å². The molecule has 2 heterocycles. The summed E-state index contributed by atoms with van der Waals surface area (Å²) < 4.78 is 1.97. The molecule has 8 nitrogen and oxygen atoms in total. The fourth-order valence-electron chi connectivity index (χ4n) is 2.89. The van der Waals surface area contributed by atoms with E-state index in [4.69, 9.17) is 11.6 Å². The quantitative estimate of drug-likeness (QED) is 0.748. The minimum Gasteiger partial charge on any atom is -0.324 e. The smallest absolute Gasteiger partial charge is 0.324 e. The van der Waals surface area contributed by atoms with Crippen molar-refractivity contribution in [2.24, 2.45) is 0 Å². The summed E-state index contributed by atoms with van der Waals surface area (Å²) in [6.07, 6.45) is 0. The van der Waals surface area contributed by atoms with Gasteiger partial charge in [-0.15, -0.1) is 0 Å². The highest BCUT2D eigenvalue weighted by Crippen LogP contribution is 2.21. The first-order chi connectivity index (χ1) is 13.0. The van der Waals surface area contributed by atoms with Crippen LogP contribution in [0.4, 0.5) is 16.2 Å². The summed E-state index contributed by atoms with van der Waals surface area (Å²) >= 11 is 5.88. The van der Waals surface area contributed by atoms with Gasteiger partial charge in [0.25, 0.3) is 0 Å². The molecule has 0 saturated carbocycles. The standard InChI is InChI=1S/C18H14ClN5O3/c19-12-5-4-6-13(9-12)20-16(25)11-23-18(27)24-15(21-23)10-22(17(24)26)14-7-2-1-3-8-14/h1-9H,10-11H2,(H,20,25). The Bertz CT molecular complexity index is 1090. The van der Waals surface area contributed by atoms with Crippen LogP contribution in [-0.4, -0.2) is 26.3 Å². The Kier molecular flexibility index (Phi) is 4.25. The molecule has 27 heavy (non-hydrogen) atoms. The number of nitrogens with zero attached hydrogens (tertiary/aromatic N) is 4. The van der Waals surface area contributed by atoms with E-state index in [1.54, 1.807) is 36.4 Å². The van der Waals surface area contributed by atoms with Crippen molar-refractivity contribution in [3.05, 3.63) is 75.9 Å². The molecule has 3 aromatic rings. The third-order valence-corrected chi connectivity index (χ3v) is 4.33. The third kappa shape index (κ3) is 3.22. The van der Waals surface area contributed by atoms with E-state index >= 15 is 0 Å². The van der Waals surface area contributed by atoms with Gasteiger partial charge < -0.3 is 5.32 Å². The lowest BCUT2D eigenvalue weighted by Crippen LogP contribution is -2.36. The molecule has 0 spiro atoms. The third-order valence-electron chi connectivity index (χ3n) is 4.10. The molecule has 0 bridgehead atoms. The number of halogens is 1. The zero-order chi connectivity index (χ0) is 19.0. The molecule has 4 rings (SSSR count). The topological polar surface area (TPSA) is 89.2 Å². The molecule has 1 aromatic heterocycles. The lowest BCUT2D eigenvalue weighted by molar-refractivity contribution is -0.117. The molecule has 2 aromatic carbocycles. The van der Waals surface area contributed by atoms with Gasteiger partial charge in [0.2, 0.25) is 5.91 Å². The fourth-order valence-corrected chi connectivity index (χ4v) is 3.08. The number of aromatic nitrogens is 3. The number of rotatable bonds is 4. The second-order valence-electron chi connectivity index (χ2n) is 5.95. The summed E-state index contributed by atoms with van der Waals surface area (Å²) in [6, 6.07) is 15.2. The highest BCUT2D eigenvalue weighted by Gasteiger charge is 2.33. The lowest BCUT2D eigenvalue weighted by Gasteiger charge is -2.14. The number of fused-ring (bicyclic) bond motifs is 1. The number of amides is 2. The Morgan fingerprint density at radius 3 is 2.59 bits per heavy atom. The van der Waals surface area contributed by atoms with Gasteiger partial charge in [0.1, 0.15) is 6.54 Å². The van der Waals surface area contributed by atoms with E-state index in [0.29, 0.717) is 22.2 Å².